The fourth-order valence-corrected chi connectivity index (χ4v) is 3.30. The van der Waals surface area contributed by atoms with E-state index < -0.39 is 0 Å². The van der Waals surface area contributed by atoms with Crippen molar-refractivity contribution in [1.82, 2.24) is 9.88 Å². The minimum Gasteiger partial charge on any atom is -0.497 e. The smallest absolute Gasteiger partial charge is 0.261 e. The van der Waals surface area contributed by atoms with Gasteiger partial charge in [0.1, 0.15) is 18.2 Å². The van der Waals surface area contributed by atoms with Crippen molar-refractivity contribution in [1.29, 1.82) is 0 Å². The van der Waals surface area contributed by atoms with Gasteiger partial charge >= 0.3 is 0 Å². The monoisotopic (exact) mass is 361 g/mol. The summed E-state index contributed by atoms with van der Waals surface area (Å²) in [5.41, 5.74) is 0.415. The normalized spacial score (nSPS) is 13.8. The molecule has 0 spiro atoms. The molecular formula is C17H19N3O4S. The number of benzene rings is 1. The number of thiazole rings is 1. The van der Waals surface area contributed by atoms with Crippen molar-refractivity contribution >= 4 is 28.3 Å². The van der Waals surface area contributed by atoms with Gasteiger partial charge in [-0.3, -0.25) is 14.5 Å². The van der Waals surface area contributed by atoms with Gasteiger partial charge in [0.2, 0.25) is 5.91 Å². The predicted molar refractivity (Wildman–Crippen MR) is 94.3 cm³/mol. The zero-order valence-electron chi connectivity index (χ0n) is 14.1. The third-order valence-corrected chi connectivity index (χ3v) is 4.77. The van der Waals surface area contributed by atoms with E-state index >= 15 is 0 Å². The number of rotatable bonds is 6. The van der Waals surface area contributed by atoms with Gasteiger partial charge in [0.25, 0.3) is 5.91 Å². The maximum Gasteiger partial charge on any atom is 0.261 e. The molecule has 1 aliphatic rings. The van der Waals surface area contributed by atoms with Crippen LogP contribution in [0.15, 0.2) is 29.8 Å². The molecule has 3 rings (SSSR count). The van der Waals surface area contributed by atoms with Gasteiger partial charge < -0.3 is 14.4 Å². The molecule has 0 unspecified atom stereocenters. The lowest BCUT2D eigenvalue weighted by Crippen LogP contribution is -2.42. The van der Waals surface area contributed by atoms with E-state index in [2.05, 4.69) is 4.98 Å². The minimum absolute atomic E-state index is 0.0533. The van der Waals surface area contributed by atoms with Crippen molar-refractivity contribution < 1.29 is 19.1 Å². The zero-order valence-corrected chi connectivity index (χ0v) is 14.9. The number of carbonyl (C=O) groups excluding carboxylic acids is 2. The first-order chi connectivity index (χ1) is 12.1. The Balaban J connectivity index is 1.92. The highest BCUT2D eigenvalue weighted by Gasteiger charge is 2.28. The molecule has 8 heteroatoms. The van der Waals surface area contributed by atoms with E-state index in [1.807, 2.05) is 0 Å². The quantitative estimate of drug-likeness (QED) is 0.790. The molecule has 2 heterocycles. The van der Waals surface area contributed by atoms with Gasteiger partial charge in [-0.05, 0) is 18.6 Å². The lowest BCUT2D eigenvalue weighted by molar-refractivity contribution is -0.127. The van der Waals surface area contributed by atoms with Crippen LogP contribution in [0.4, 0.5) is 5.13 Å². The van der Waals surface area contributed by atoms with Gasteiger partial charge in [-0.1, -0.05) is 0 Å². The number of methoxy groups -OCH3 is 2. The minimum atomic E-state index is -0.258. The second kappa shape index (κ2) is 7.52. The van der Waals surface area contributed by atoms with Gasteiger partial charge in [-0.2, -0.15) is 0 Å². The molecular weight excluding hydrogens is 342 g/mol. The Bertz CT molecular complexity index is 741. The number of nitrogens with zero attached hydrogens (tertiary/aromatic N) is 3. The molecule has 2 amide bonds. The molecule has 0 bridgehead atoms. The number of ether oxygens (including phenoxy) is 2. The standard InChI is InChI=1S/C17H19N3O4S/c1-23-13-8-12(9-14(10-13)24-2)16(22)20(17-18-5-7-25-17)11-19-6-3-4-15(19)21/h5,7-10H,3-4,6,11H2,1-2H3. The molecule has 132 valence electrons. The highest BCUT2D eigenvalue weighted by molar-refractivity contribution is 7.13. The zero-order chi connectivity index (χ0) is 17.8. The number of hydrogen-bond acceptors (Lipinski definition) is 6. The van der Waals surface area contributed by atoms with Crippen molar-refractivity contribution in [2.45, 2.75) is 12.8 Å². The van der Waals surface area contributed by atoms with Crippen molar-refractivity contribution in [2.75, 3.05) is 32.3 Å². The molecule has 1 fully saturated rings. The van der Waals surface area contributed by atoms with E-state index in [9.17, 15) is 9.59 Å². The van der Waals surface area contributed by atoms with E-state index in [0.717, 1.165) is 6.42 Å². The number of carbonyl (C=O) groups is 2. The summed E-state index contributed by atoms with van der Waals surface area (Å²) in [6.45, 7) is 0.833. The van der Waals surface area contributed by atoms with Gasteiger partial charge in [-0.25, -0.2) is 4.98 Å². The maximum absolute atomic E-state index is 13.1. The molecule has 0 N–H and O–H groups in total. The van der Waals surface area contributed by atoms with E-state index in [4.69, 9.17) is 9.47 Å². The summed E-state index contributed by atoms with van der Waals surface area (Å²) in [5.74, 6) is 0.850. The van der Waals surface area contributed by atoms with Crippen LogP contribution in [-0.4, -0.2) is 49.1 Å². The largest absolute Gasteiger partial charge is 0.497 e. The second-order valence-corrected chi connectivity index (χ2v) is 6.42. The average molecular weight is 361 g/mol. The number of amides is 2. The summed E-state index contributed by atoms with van der Waals surface area (Å²) in [6.07, 6.45) is 2.97. The van der Waals surface area contributed by atoms with E-state index in [1.165, 1.54) is 30.5 Å². The summed E-state index contributed by atoms with van der Waals surface area (Å²) >= 11 is 1.35. The number of aromatic nitrogens is 1. The van der Waals surface area contributed by atoms with Gasteiger partial charge in [-0.15, -0.1) is 11.3 Å². The first-order valence-electron chi connectivity index (χ1n) is 7.84. The van der Waals surface area contributed by atoms with Crippen LogP contribution in [0.5, 0.6) is 11.5 Å². The highest BCUT2D eigenvalue weighted by Crippen LogP contribution is 2.27. The summed E-state index contributed by atoms with van der Waals surface area (Å²) in [7, 11) is 3.06. The first-order valence-corrected chi connectivity index (χ1v) is 8.72. The summed E-state index contributed by atoms with van der Waals surface area (Å²) in [5, 5.41) is 2.35. The van der Waals surface area contributed by atoms with Crippen LogP contribution < -0.4 is 14.4 Å². The van der Waals surface area contributed by atoms with Gasteiger partial charge in [0.05, 0.1) is 14.2 Å². The maximum atomic E-state index is 13.1. The molecule has 25 heavy (non-hydrogen) atoms. The van der Waals surface area contributed by atoms with Crippen LogP contribution in [0.1, 0.15) is 23.2 Å². The number of likely N-dealkylation sites (tertiary alicyclic amines) is 1. The molecule has 1 aromatic heterocycles. The van der Waals surface area contributed by atoms with Crippen LogP contribution in [0, 0.1) is 0 Å². The van der Waals surface area contributed by atoms with E-state index in [1.54, 1.807) is 34.7 Å². The lowest BCUT2D eigenvalue weighted by atomic mass is 10.1. The van der Waals surface area contributed by atoms with E-state index in [0.29, 0.717) is 35.2 Å². The Morgan fingerprint density at radius 2 is 2.00 bits per heavy atom. The number of hydrogen-bond donors (Lipinski definition) is 0. The Kier molecular flexibility index (Phi) is 5.18. The molecule has 2 aromatic rings. The summed E-state index contributed by atoms with van der Waals surface area (Å²) in [6, 6.07) is 5.00. The first kappa shape index (κ1) is 17.2. The van der Waals surface area contributed by atoms with Crippen LogP contribution in [0.2, 0.25) is 0 Å². The molecule has 0 saturated carbocycles. The van der Waals surface area contributed by atoms with Crippen molar-refractivity contribution in [2.24, 2.45) is 0 Å². The van der Waals surface area contributed by atoms with Crippen molar-refractivity contribution in [3.63, 3.8) is 0 Å². The Morgan fingerprint density at radius 1 is 1.28 bits per heavy atom. The second-order valence-electron chi connectivity index (χ2n) is 5.55. The Labute approximate surface area is 149 Å². The van der Waals surface area contributed by atoms with Crippen LogP contribution in [0.25, 0.3) is 0 Å². The topological polar surface area (TPSA) is 72.0 Å². The van der Waals surface area contributed by atoms with Crippen LogP contribution in [-0.2, 0) is 4.79 Å². The Hall–Kier alpha value is -2.61. The van der Waals surface area contributed by atoms with Crippen molar-refractivity contribution in [3.05, 3.63) is 35.3 Å². The fourth-order valence-electron chi connectivity index (χ4n) is 2.67. The summed E-state index contributed by atoms with van der Waals surface area (Å²) < 4.78 is 10.5. The number of anilines is 1. The third kappa shape index (κ3) is 3.74. The van der Waals surface area contributed by atoms with Crippen LogP contribution >= 0.6 is 11.3 Å². The molecule has 1 aromatic carbocycles. The van der Waals surface area contributed by atoms with Crippen LogP contribution in [0.3, 0.4) is 0 Å². The third-order valence-electron chi connectivity index (χ3n) is 3.98. The highest BCUT2D eigenvalue weighted by atomic mass is 32.1. The fraction of sp³-hybridized carbons (Fsp3) is 0.353. The predicted octanol–water partition coefficient (Wildman–Crippen LogP) is 2.39. The Morgan fingerprint density at radius 3 is 2.52 bits per heavy atom. The summed E-state index contributed by atoms with van der Waals surface area (Å²) in [4.78, 5) is 32.5. The average Bonchev–Trinajstić information content (AvgIpc) is 3.30. The molecule has 7 nitrogen and oxygen atoms in total. The van der Waals surface area contributed by atoms with Gasteiger partial charge in [0.15, 0.2) is 5.13 Å². The molecule has 1 aliphatic heterocycles. The molecule has 0 aliphatic carbocycles. The SMILES string of the molecule is COc1cc(OC)cc(C(=O)N(CN2CCCC2=O)c2nccs2)c1. The van der Waals surface area contributed by atoms with E-state index in [-0.39, 0.29) is 18.5 Å². The molecule has 1 saturated heterocycles. The van der Waals surface area contributed by atoms with Crippen molar-refractivity contribution in [3.8, 4) is 11.5 Å². The van der Waals surface area contributed by atoms with Gasteiger partial charge in [0, 0.05) is 36.2 Å². The molecule has 0 radical (unpaired) electrons. The lowest BCUT2D eigenvalue weighted by Gasteiger charge is -2.26. The molecule has 0 atom stereocenters.